The largest absolute Gasteiger partial charge is 0.358 e. The van der Waals surface area contributed by atoms with Crippen molar-refractivity contribution in [1.29, 1.82) is 0 Å². The topological polar surface area (TPSA) is 55.0 Å². The Kier molecular flexibility index (Phi) is 2.88. The number of nitrogens with two attached hydrogens (primary N) is 1. The van der Waals surface area contributed by atoms with Gasteiger partial charge in [-0.15, -0.1) is 0 Å². The van der Waals surface area contributed by atoms with Gasteiger partial charge in [0.1, 0.15) is 12.1 Å². The van der Waals surface area contributed by atoms with Crippen molar-refractivity contribution in [1.82, 2.24) is 9.97 Å². The van der Waals surface area contributed by atoms with E-state index in [1.54, 1.807) is 6.33 Å². The molecule has 1 aliphatic heterocycles. The van der Waals surface area contributed by atoms with Crippen LogP contribution in [0.3, 0.4) is 0 Å². The zero-order valence-electron chi connectivity index (χ0n) is 8.23. The summed E-state index contributed by atoms with van der Waals surface area (Å²) in [5, 5.41) is 0. The molecule has 1 aliphatic rings. The summed E-state index contributed by atoms with van der Waals surface area (Å²) in [4.78, 5) is 10.7. The van der Waals surface area contributed by atoms with Gasteiger partial charge in [-0.3, -0.25) is 0 Å². The predicted octanol–water partition coefficient (Wildman–Crippen LogP) is 0.618. The van der Waals surface area contributed by atoms with Crippen LogP contribution in [0.1, 0.15) is 11.3 Å². The first kappa shape index (κ1) is 9.73. The van der Waals surface area contributed by atoms with E-state index in [0.717, 1.165) is 23.9 Å². The highest BCUT2D eigenvalue weighted by Gasteiger charge is 2.19. The summed E-state index contributed by atoms with van der Waals surface area (Å²) < 4.78 is 0. The molecule has 2 N–H and O–H groups in total. The Labute approximate surface area is 87.9 Å². The van der Waals surface area contributed by atoms with Crippen molar-refractivity contribution in [2.45, 2.75) is 11.5 Å². The van der Waals surface area contributed by atoms with Gasteiger partial charge in [0.05, 0.1) is 5.69 Å². The fourth-order valence-corrected chi connectivity index (χ4v) is 2.63. The lowest BCUT2D eigenvalue weighted by atomic mass is 10.2. The molecule has 0 aliphatic carbocycles. The van der Waals surface area contributed by atoms with Crippen molar-refractivity contribution >= 4 is 17.6 Å². The lowest BCUT2D eigenvalue weighted by Crippen LogP contribution is -2.26. The van der Waals surface area contributed by atoms with Crippen molar-refractivity contribution < 1.29 is 0 Å². The molecule has 0 aromatic carbocycles. The molecule has 0 atom stereocenters. The lowest BCUT2D eigenvalue weighted by molar-refractivity contribution is 0.853. The number of aromatic nitrogens is 2. The highest BCUT2D eigenvalue weighted by Crippen LogP contribution is 2.32. The van der Waals surface area contributed by atoms with Crippen LogP contribution >= 0.6 is 11.8 Å². The van der Waals surface area contributed by atoms with E-state index in [9.17, 15) is 0 Å². The minimum atomic E-state index is 0.655. The maximum atomic E-state index is 5.52. The lowest BCUT2D eigenvalue weighted by Gasteiger charge is -2.19. The molecule has 0 bridgehead atoms. The van der Waals surface area contributed by atoms with E-state index < -0.39 is 0 Å². The van der Waals surface area contributed by atoms with Crippen LogP contribution in [0.4, 0.5) is 5.82 Å². The van der Waals surface area contributed by atoms with Gasteiger partial charge in [-0.05, 0) is 0 Å². The van der Waals surface area contributed by atoms with Crippen LogP contribution in [-0.2, 0) is 11.5 Å². The Morgan fingerprint density at radius 1 is 1.50 bits per heavy atom. The van der Waals surface area contributed by atoms with Gasteiger partial charge >= 0.3 is 0 Å². The van der Waals surface area contributed by atoms with Crippen LogP contribution in [0, 0.1) is 0 Å². The third-order valence-electron chi connectivity index (χ3n) is 2.32. The SMILES string of the molecule is CN(CCN)c1ncnc2c1CSC2. The fraction of sp³-hybridized carbons (Fsp3) is 0.556. The second-order valence-corrected chi connectivity index (χ2v) is 4.31. The third-order valence-corrected chi connectivity index (χ3v) is 3.29. The van der Waals surface area contributed by atoms with E-state index in [1.807, 2.05) is 18.8 Å². The number of hydrogen-bond acceptors (Lipinski definition) is 5. The van der Waals surface area contributed by atoms with Crippen LogP contribution in [0.5, 0.6) is 0 Å². The average Bonchev–Trinajstić information content (AvgIpc) is 2.65. The second-order valence-electron chi connectivity index (χ2n) is 3.33. The van der Waals surface area contributed by atoms with Crippen LogP contribution in [0.15, 0.2) is 6.33 Å². The second kappa shape index (κ2) is 4.14. The van der Waals surface area contributed by atoms with Crippen LogP contribution < -0.4 is 10.6 Å². The smallest absolute Gasteiger partial charge is 0.136 e. The van der Waals surface area contributed by atoms with Gasteiger partial charge < -0.3 is 10.6 Å². The van der Waals surface area contributed by atoms with Gasteiger partial charge in [0.2, 0.25) is 0 Å². The minimum absolute atomic E-state index is 0.655. The van der Waals surface area contributed by atoms with Crippen molar-refractivity contribution in [2.75, 3.05) is 25.0 Å². The summed E-state index contributed by atoms with van der Waals surface area (Å²) in [5.41, 5.74) is 7.99. The third kappa shape index (κ3) is 1.69. The van der Waals surface area contributed by atoms with Gasteiger partial charge in [0, 0.05) is 37.2 Å². The Morgan fingerprint density at radius 3 is 3.14 bits per heavy atom. The van der Waals surface area contributed by atoms with Gasteiger partial charge in [0.15, 0.2) is 0 Å². The van der Waals surface area contributed by atoms with Crippen molar-refractivity contribution in [2.24, 2.45) is 5.73 Å². The molecule has 14 heavy (non-hydrogen) atoms. The molecule has 0 radical (unpaired) electrons. The molecule has 0 saturated heterocycles. The number of hydrogen-bond donors (Lipinski definition) is 1. The van der Waals surface area contributed by atoms with Crippen molar-refractivity contribution in [3.05, 3.63) is 17.6 Å². The van der Waals surface area contributed by atoms with Gasteiger partial charge in [-0.2, -0.15) is 11.8 Å². The van der Waals surface area contributed by atoms with E-state index in [1.165, 1.54) is 11.3 Å². The van der Waals surface area contributed by atoms with E-state index in [0.29, 0.717) is 6.54 Å². The Morgan fingerprint density at radius 2 is 2.36 bits per heavy atom. The Bertz CT molecular complexity index is 329. The molecule has 0 spiro atoms. The van der Waals surface area contributed by atoms with E-state index in [2.05, 4.69) is 14.9 Å². The molecule has 0 amide bonds. The minimum Gasteiger partial charge on any atom is -0.358 e. The standard InChI is InChI=1S/C9H14N4S/c1-13(3-2-10)9-7-4-14-5-8(7)11-6-12-9/h6H,2-5,10H2,1H3. The van der Waals surface area contributed by atoms with Gasteiger partial charge in [0.25, 0.3) is 0 Å². The van der Waals surface area contributed by atoms with E-state index >= 15 is 0 Å². The van der Waals surface area contributed by atoms with Gasteiger partial charge in [-0.1, -0.05) is 0 Å². The van der Waals surface area contributed by atoms with Crippen molar-refractivity contribution in [3.63, 3.8) is 0 Å². The number of anilines is 1. The van der Waals surface area contributed by atoms with Crippen molar-refractivity contribution in [3.8, 4) is 0 Å². The maximum Gasteiger partial charge on any atom is 0.136 e. The zero-order chi connectivity index (χ0) is 9.97. The first-order valence-electron chi connectivity index (χ1n) is 4.64. The molecule has 2 rings (SSSR count). The molecular weight excluding hydrogens is 196 g/mol. The number of thioether (sulfide) groups is 1. The monoisotopic (exact) mass is 210 g/mol. The molecular formula is C9H14N4S. The number of nitrogens with zero attached hydrogens (tertiary/aromatic N) is 3. The summed E-state index contributed by atoms with van der Waals surface area (Å²) in [7, 11) is 2.03. The summed E-state index contributed by atoms with van der Waals surface area (Å²) in [6.07, 6.45) is 1.65. The highest BCUT2D eigenvalue weighted by atomic mass is 32.2. The fourth-order valence-electron chi connectivity index (χ4n) is 1.59. The quantitative estimate of drug-likeness (QED) is 0.792. The van der Waals surface area contributed by atoms with E-state index in [4.69, 9.17) is 5.73 Å². The van der Waals surface area contributed by atoms with E-state index in [-0.39, 0.29) is 0 Å². The summed E-state index contributed by atoms with van der Waals surface area (Å²) in [6, 6.07) is 0. The Balaban J connectivity index is 2.29. The number of likely N-dealkylation sites (N-methyl/N-ethyl adjacent to an activating group) is 1. The average molecular weight is 210 g/mol. The molecule has 0 saturated carbocycles. The predicted molar refractivity (Wildman–Crippen MR) is 59.4 cm³/mol. The summed E-state index contributed by atoms with van der Waals surface area (Å²) in [5.74, 6) is 3.09. The molecule has 0 unspecified atom stereocenters. The molecule has 1 aromatic heterocycles. The summed E-state index contributed by atoms with van der Waals surface area (Å²) in [6.45, 7) is 1.50. The van der Waals surface area contributed by atoms with Crippen LogP contribution in [0.2, 0.25) is 0 Å². The summed E-state index contributed by atoms with van der Waals surface area (Å²) >= 11 is 1.89. The first-order valence-corrected chi connectivity index (χ1v) is 5.80. The van der Waals surface area contributed by atoms with Crippen LogP contribution in [-0.4, -0.2) is 30.1 Å². The molecule has 2 heterocycles. The van der Waals surface area contributed by atoms with Crippen LogP contribution in [0.25, 0.3) is 0 Å². The highest BCUT2D eigenvalue weighted by molar-refractivity contribution is 7.98. The first-order chi connectivity index (χ1) is 6.83. The zero-order valence-corrected chi connectivity index (χ0v) is 9.05. The van der Waals surface area contributed by atoms with Gasteiger partial charge in [-0.25, -0.2) is 9.97 Å². The number of rotatable bonds is 3. The normalized spacial score (nSPS) is 14.1. The molecule has 1 aromatic rings. The molecule has 4 nitrogen and oxygen atoms in total. The Hall–Kier alpha value is -0.810. The molecule has 0 fully saturated rings. The molecule has 76 valence electrons. The maximum absolute atomic E-state index is 5.52. The molecule has 5 heteroatoms. The number of fused-ring (bicyclic) bond motifs is 1.